The largest absolute Gasteiger partial charge is 0.309 e. The molecule has 1 nitrogen and oxygen atoms in total. The Morgan fingerprint density at radius 3 is 2.60 bits per heavy atom. The Kier molecular flexibility index (Phi) is 5.14. The molecule has 0 saturated heterocycles. The number of thiophene rings is 1. The molecule has 1 aromatic carbocycles. The van der Waals surface area contributed by atoms with Crippen LogP contribution in [0.1, 0.15) is 49.8 Å². The summed E-state index contributed by atoms with van der Waals surface area (Å²) >= 11 is 5.47. The van der Waals surface area contributed by atoms with Crippen molar-refractivity contribution >= 4 is 37.4 Å². The van der Waals surface area contributed by atoms with Gasteiger partial charge in [0.1, 0.15) is 0 Å². The van der Waals surface area contributed by atoms with Crippen molar-refractivity contribution in [2.45, 2.75) is 57.5 Å². The van der Waals surface area contributed by atoms with Gasteiger partial charge in [-0.05, 0) is 36.4 Å². The molecule has 0 aliphatic heterocycles. The molecule has 0 atom stereocenters. The van der Waals surface area contributed by atoms with Crippen molar-refractivity contribution in [3.63, 3.8) is 0 Å². The Morgan fingerprint density at radius 1 is 1.05 bits per heavy atom. The molecule has 0 bridgehead atoms. The van der Waals surface area contributed by atoms with Gasteiger partial charge in [0.25, 0.3) is 0 Å². The highest BCUT2D eigenvalue weighted by atomic mass is 79.9. The van der Waals surface area contributed by atoms with Gasteiger partial charge in [0.15, 0.2) is 0 Å². The molecule has 1 aliphatic rings. The normalized spacial score (nSPS) is 18.1. The average Bonchev–Trinajstić information content (AvgIpc) is 2.79. The first kappa shape index (κ1) is 14.6. The maximum absolute atomic E-state index is 3.78. The molecule has 1 saturated carbocycles. The van der Waals surface area contributed by atoms with E-state index in [9.17, 15) is 0 Å². The van der Waals surface area contributed by atoms with Crippen LogP contribution in [-0.2, 0) is 6.54 Å². The van der Waals surface area contributed by atoms with E-state index in [4.69, 9.17) is 0 Å². The van der Waals surface area contributed by atoms with Crippen LogP contribution >= 0.6 is 27.3 Å². The van der Waals surface area contributed by atoms with E-state index in [1.807, 2.05) is 11.3 Å². The second-order valence-corrected chi connectivity index (χ2v) is 7.90. The van der Waals surface area contributed by atoms with Crippen LogP contribution in [0, 0.1) is 0 Å². The van der Waals surface area contributed by atoms with E-state index in [0.29, 0.717) is 0 Å². The molecule has 2 aromatic rings. The van der Waals surface area contributed by atoms with Crippen molar-refractivity contribution in [1.29, 1.82) is 0 Å². The zero-order valence-electron chi connectivity index (χ0n) is 11.8. The highest BCUT2D eigenvalue weighted by Gasteiger charge is 2.11. The first-order chi connectivity index (χ1) is 9.81. The average molecular weight is 352 g/mol. The van der Waals surface area contributed by atoms with Gasteiger partial charge >= 0.3 is 0 Å². The Bertz CT molecular complexity index is 555. The number of rotatable bonds is 3. The fraction of sp³-hybridized carbons (Fsp3) is 0.529. The van der Waals surface area contributed by atoms with E-state index >= 15 is 0 Å². The maximum atomic E-state index is 3.78. The van der Waals surface area contributed by atoms with Gasteiger partial charge in [0.05, 0.1) is 0 Å². The Labute approximate surface area is 133 Å². The summed E-state index contributed by atoms with van der Waals surface area (Å²) in [4.78, 5) is 1.46. The van der Waals surface area contributed by atoms with Gasteiger partial charge in [-0.3, -0.25) is 0 Å². The second-order valence-electron chi connectivity index (χ2n) is 5.82. The van der Waals surface area contributed by atoms with Crippen LogP contribution in [-0.4, -0.2) is 6.04 Å². The van der Waals surface area contributed by atoms with E-state index in [2.05, 4.69) is 45.5 Å². The number of hydrogen-bond acceptors (Lipinski definition) is 2. The maximum Gasteiger partial charge on any atom is 0.0357 e. The van der Waals surface area contributed by atoms with Crippen molar-refractivity contribution in [2.75, 3.05) is 0 Å². The molecule has 1 fully saturated rings. The molecule has 108 valence electrons. The van der Waals surface area contributed by atoms with Crippen LogP contribution in [0.2, 0.25) is 0 Å². The summed E-state index contributed by atoms with van der Waals surface area (Å²) in [5, 5.41) is 5.15. The third kappa shape index (κ3) is 3.84. The quantitative estimate of drug-likeness (QED) is 0.729. The lowest BCUT2D eigenvalue weighted by Gasteiger charge is -2.20. The van der Waals surface area contributed by atoms with Crippen molar-refractivity contribution in [3.05, 3.63) is 33.6 Å². The van der Waals surface area contributed by atoms with Crippen molar-refractivity contribution in [3.8, 4) is 0 Å². The Balaban J connectivity index is 1.60. The second kappa shape index (κ2) is 7.06. The summed E-state index contributed by atoms with van der Waals surface area (Å²) in [5.74, 6) is 0. The van der Waals surface area contributed by atoms with Crippen molar-refractivity contribution < 1.29 is 0 Å². The fourth-order valence-corrected chi connectivity index (χ4v) is 4.62. The SMILES string of the molecule is Brc1ccc2cc(CNC3CCCCCCC3)sc2c1. The smallest absolute Gasteiger partial charge is 0.0357 e. The standard InChI is InChI=1S/C17H22BrNS/c18-14-9-8-13-10-16(20-17(13)11-14)12-19-15-6-4-2-1-3-5-7-15/h8-11,15,19H,1-7,12H2. The molecule has 3 heteroatoms. The number of nitrogens with one attached hydrogen (secondary N) is 1. The summed E-state index contributed by atoms with van der Waals surface area (Å²) in [6, 6.07) is 9.62. The first-order valence-electron chi connectivity index (χ1n) is 7.72. The fourth-order valence-electron chi connectivity index (χ4n) is 3.05. The van der Waals surface area contributed by atoms with Crippen LogP contribution in [0.15, 0.2) is 28.7 Å². The summed E-state index contributed by atoms with van der Waals surface area (Å²) in [5.41, 5.74) is 0. The summed E-state index contributed by atoms with van der Waals surface area (Å²) in [6.45, 7) is 1.03. The minimum Gasteiger partial charge on any atom is -0.309 e. The third-order valence-electron chi connectivity index (χ3n) is 4.20. The summed E-state index contributed by atoms with van der Waals surface area (Å²) < 4.78 is 2.56. The highest BCUT2D eigenvalue weighted by Crippen LogP contribution is 2.28. The van der Waals surface area contributed by atoms with Crippen LogP contribution in [0.5, 0.6) is 0 Å². The van der Waals surface area contributed by atoms with E-state index in [1.165, 1.54) is 64.4 Å². The number of halogens is 1. The van der Waals surface area contributed by atoms with Gasteiger partial charge in [0.2, 0.25) is 0 Å². The molecule has 1 heterocycles. The van der Waals surface area contributed by atoms with E-state index < -0.39 is 0 Å². The molecule has 0 amide bonds. The molecule has 0 radical (unpaired) electrons. The lowest BCUT2D eigenvalue weighted by Crippen LogP contribution is -2.28. The van der Waals surface area contributed by atoms with Crippen LogP contribution in [0.4, 0.5) is 0 Å². The van der Waals surface area contributed by atoms with Crippen LogP contribution in [0.25, 0.3) is 10.1 Å². The molecule has 1 N–H and O–H groups in total. The van der Waals surface area contributed by atoms with Gasteiger partial charge in [-0.25, -0.2) is 0 Å². The van der Waals surface area contributed by atoms with Gasteiger partial charge < -0.3 is 5.32 Å². The lowest BCUT2D eigenvalue weighted by atomic mass is 9.97. The summed E-state index contributed by atoms with van der Waals surface area (Å²) in [7, 11) is 0. The molecular weight excluding hydrogens is 330 g/mol. The van der Waals surface area contributed by atoms with Gasteiger partial charge in [0, 0.05) is 26.6 Å². The van der Waals surface area contributed by atoms with Crippen molar-refractivity contribution in [2.24, 2.45) is 0 Å². The minimum atomic E-state index is 0.729. The van der Waals surface area contributed by atoms with Gasteiger partial charge in [-0.2, -0.15) is 0 Å². The summed E-state index contributed by atoms with van der Waals surface area (Å²) in [6.07, 6.45) is 9.81. The van der Waals surface area contributed by atoms with Gasteiger partial charge in [-0.1, -0.05) is 54.1 Å². The van der Waals surface area contributed by atoms with Crippen LogP contribution < -0.4 is 5.32 Å². The lowest BCUT2D eigenvalue weighted by molar-refractivity contribution is 0.390. The molecule has 0 spiro atoms. The first-order valence-corrected chi connectivity index (χ1v) is 9.33. The molecule has 3 rings (SSSR count). The van der Waals surface area contributed by atoms with E-state index in [0.717, 1.165) is 12.6 Å². The molecule has 1 aliphatic carbocycles. The van der Waals surface area contributed by atoms with Crippen LogP contribution in [0.3, 0.4) is 0 Å². The topological polar surface area (TPSA) is 12.0 Å². The van der Waals surface area contributed by atoms with E-state index in [1.54, 1.807) is 0 Å². The number of fused-ring (bicyclic) bond motifs is 1. The Hall–Kier alpha value is -0.380. The predicted molar refractivity (Wildman–Crippen MR) is 92.5 cm³/mol. The van der Waals surface area contributed by atoms with E-state index in [-0.39, 0.29) is 0 Å². The number of benzene rings is 1. The molecular formula is C17H22BrNS. The van der Waals surface area contributed by atoms with Crippen molar-refractivity contribution in [1.82, 2.24) is 5.32 Å². The zero-order valence-corrected chi connectivity index (χ0v) is 14.2. The molecule has 1 aromatic heterocycles. The predicted octanol–water partition coefficient (Wildman–Crippen LogP) is 5.87. The zero-order chi connectivity index (χ0) is 13.8. The Morgan fingerprint density at radius 2 is 1.80 bits per heavy atom. The number of hydrogen-bond donors (Lipinski definition) is 1. The van der Waals surface area contributed by atoms with Gasteiger partial charge in [-0.15, -0.1) is 11.3 Å². The minimum absolute atomic E-state index is 0.729. The monoisotopic (exact) mass is 351 g/mol. The third-order valence-corrected chi connectivity index (χ3v) is 5.79. The molecule has 0 unspecified atom stereocenters. The molecule has 20 heavy (non-hydrogen) atoms. The highest BCUT2D eigenvalue weighted by molar-refractivity contribution is 9.10.